The fraction of sp³-hybridized carbons (Fsp3) is 0.143. The van der Waals surface area contributed by atoms with Gasteiger partial charge < -0.3 is 9.47 Å². The predicted octanol–water partition coefficient (Wildman–Crippen LogP) is 0.864. The summed E-state index contributed by atoms with van der Waals surface area (Å²) in [5.41, 5.74) is 1.15. The van der Waals surface area contributed by atoms with Crippen LogP contribution >= 0.6 is 0 Å². The van der Waals surface area contributed by atoms with Gasteiger partial charge in [-0.05, 0) is 6.07 Å². The van der Waals surface area contributed by atoms with Crippen LogP contribution in [0.4, 0.5) is 0 Å². The highest BCUT2D eigenvalue weighted by atomic mass is 16.5. The number of aromatic amines is 2. The zero-order chi connectivity index (χ0) is 13.7. The molecule has 0 fully saturated rings. The van der Waals surface area contributed by atoms with Crippen LogP contribution in [0.2, 0.25) is 0 Å². The Labute approximate surface area is 112 Å². The van der Waals surface area contributed by atoms with Gasteiger partial charge in [0.05, 0.1) is 17.7 Å². The zero-order valence-corrected chi connectivity index (χ0v) is 10.3. The quantitative estimate of drug-likeness (QED) is 0.743. The van der Waals surface area contributed by atoms with Crippen molar-refractivity contribution in [3.05, 3.63) is 68.1 Å². The maximum Gasteiger partial charge on any atom is 0.328 e. The number of benzene rings is 1. The number of H-pyrrole nitrogens is 2. The van der Waals surface area contributed by atoms with Crippen LogP contribution in [-0.2, 0) is 0 Å². The van der Waals surface area contributed by atoms with Crippen molar-refractivity contribution in [2.24, 2.45) is 0 Å². The minimum atomic E-state index is -0.578. The lowest BCUT2D eigenvalue weighted by atomic mass is 9.83. The summed E-state index contributed by atoms with van der Waals surface area (Å²) >= 11 is 0. The van der Waals surface area contributed by atoms with Gasteiger partial charge in [0.2, 0.25) is 5.88 Å². The molecule has 0 amide bonds. The Morgan fingerprint density at radius 3 is 2.90 bits per heavy atom. The molecule has 0 radical (unpaired) electrons. The topological polar surface area (TPSA) is 84.2 Å². The van der Waals surface area contributed by atoms with Gasteiger partial charge in [-0.2, -0.15) is 0 Å². The van der Waals surface area contributed by atoms with E-state index in [-0.39, 0.29) is 11.8 Å². The maximum atomic E-state index is 12.1. The first-order valence-corrected chi connectivity index (χ1v) is 6.18. The Morgan fingerprint density at radius 1 is 1.15 bits per heavy atom. The van der Waals surface area contributed by atoms with Crippen LogP contribution in [0, 0.1) is 0 Å². The molecule has 6 heteroatoms. The van der Waals surface area contributed by atoms with Gasteiger partial charge in [-0.3, -0.25) is 14.8 Å². The summed E-state index contributed by atoms with van der Waals surface area (Å²) in [6.45, 7) is 0.361. The third-order valence-electron chi connectivity index (χ3n) is 3.56. The summed E-state index contributed by atoms with van der Waals surface area (Å²) in [6, 6.07) is 7.54. The number of rotatable bonds is 0. The van der Waals surface area contributed by atoms with Crippen LogP contribution in [0.25, 0.3) is 0 Å². The van der Waals surface area contributed by atoms with E-state index < -0.39 is 11.2 Å². The number of aromatic nitrogens is 2. The normalized spacial score (nSPS) is 18.8. The van der Waals surface area contributed by atoms with Gasteiger partial charge in [0.25, 0.3) is 5.56 Å². The molecule has 2 aliphatic rings. The van der Waals surface area contributed by atoms with Crippen molar-refractivity contribution in [1.29, 1.82) is 0 Å². The molecule has 20 heavy (non-hydrogen) atoms. The second-order valence-corrected chi connectivity index (χ2v) is 4.72. The third-order valence-corrected chi connectivity index (χ3v) is 3.56. The Balaban J connectivity index is 2.03. The zero-order valence-electron chi connectivity index (χ0n) is 10.3. The smallest absolute Gasteiger partial charge is 0.328 e. The van der Waals surface area contributed by atoms with Crippen molar-refractivity contribution < 1.29 is 9.47 Å². The number of fused-ring (bicyclic) bond motifs is 5. The Kier molecular flexibility index (Phi) is 2.14. The summed E-state index contributed by atoms with van der Waals surface area (Å²) in [5, 5.41) is 0. The lowest BCUT2D eigenvalue weighted by Gasteiger charge is -2.31. The molecule has 0 spiro atoms. The van der Waals surface area contributed by atoms with E-state index in [1.54, 1.807) is 0 Å². The van der Waals surface area contributed by atoms with Crippen LogP contribution in [0.1, 0.15) is 17.0 Å². The highest BCUT2D eigenvalue weighted by Crippen LogP contribution is 2.43. The van der Waals surface area contributed by atoms with Gasteiger partial charge in [0, 0.05) is 11.1 Å². The van der Waals surface area contributed by atoms with Gasteiger partial charge in [-0.25, -0.2) is 4.79 Å². The number of para-hydroxylation sites is 1. The summed E-state index contributed by atoms with van der Waals surface area (Å²) < 4.78 is 11.0. The van der Waals surface area contributed by atoms with Gasteiger partial charge in [0.15, 0.2) is 0 Å². The summed E-state index contributed by atoms with van der Waals surface area (Å²) in [7, 11) is 0. The lowest BCUT2D eigenvalue weighted by molar-refractivity contribution is 0.305. The number of hydrogen-bond acceptors (Lipinski definition) is 4. The van der Waals surface area contributed by atoms with E-state index in [9.17, 15) is 9.59 Å². The van der Waals surface area contributed by atoms with Crippen LogP contribution in [0.5, 0.6) is 11.6 Å². The van der Waals surface area contributed by atoms with Gasteiger partial charge in [-0.1, -0.05) is 18.2 Å². The third kappa shape index (κ3) is 1.45. The van der Waals surface area contributed by atoms with Crippen molar-refractivity contribution in [2.75, 3.05) is 6.61 Å². The largest absolute Gasteiger partial charge is 0.489 e. The van der Waals surface area contributed by atoms with Crippen molar-refractivity contribution in [1.82, 2.24) is 9.97 Å². The number of nitrogens with one attached hydrogen (secondary N) is 2. The van der Waals surface area contributed by atoms with E-state index in [2.05, 4.69) is 9.97 Å². The van der Waals surface area contributed by atoms with E-state index >= 15 is 0 Å². The molecular weight excluding hydrogens is 260 g/mol. The van der Waals surface area contributed by atoms with Crippen LogP contribution in [0.3, 0.4) is 0 Å². The van der Waals surface area contributed by atoms with Crippen molar-refractivity contribution in [2.45, 2.75) is 5.92 Å². The Bertz CT molecular complexity index is 847. The molecule has 100 valence electrons. The summed E-state index contributed by atoms with van der Waals surface area (Å²) in [5.74, 6) is 0.696. The molecule has 1 aromatic carbocycles. The Morgan fingerprint density at radius 2 is 2.00 bits per heavy atom. The molecule has 0 saturated carbocycles. The molecule has 2 aromatic rings. The average molecular weight is 270 g/mol. The highest BCUT2D eigenvalue weighted by Gasteiger charge is 2.35. The van der Waals surface area contributed by atoms with Crippen molar-refractivity contribution >= 4 is 0 Å². The molecule has 6 nitrogen and oxygen atoms in total. The van der Waals surface area contributed by atoms with E-state index in [1.807, 2.05) is 24.3 Å². The van der Waals surface area contributed by atoms with E-state index in [4.69, 9.17) is 9.47 Å². The summed E-state index contributed by atoms with van der Waals surface area (Å²) in [6.07, 6.45) is 1.54. The molecule has 0 bridgehead atoms. The van der Waals surface area contributed by atoms with Crippen LogP contribution in [-0.4, -0.2) is 16.6 Å². The predicted molar refractivity (Wildman–Crippen MR) is 70.2 cm³/mol. The van der Waals surface area contributed by atoms with Crippen LogP contribution in [0.15, 0.2) is 45.7 Å². The average Bonchev–Trinajstić information content (AvgIpc) is 2.46. The molecule has 3 heterocycles. The fourth-order valence-electron chi connectivity index (χ4n) is 2.70. The number of hydrogen-bond donors (Lipinski definition) is 2. The molecule has 4 rings (SSSR count). The van der Waals surface area contributed by atoms with Gasteiger partial charge in [-0.15, -0.1) is 0 Å². The minimum Gasteiger partial charge on any atom is -0.489 e. The second kappa shape index (κ2) is 3.86. The second-order valence-electron chi connectivity index (χ2n) is 4.72. The molecule has 2 aliphatic heterocycles. The lowest BCUT2D eigenvalue weighted by Crippen LogP contribution is -2.33. The molecule has 0 aliphatic carbocycles. The molecule has 2 N–H and O–H groups in total. The molecular formula is C14H10N2O4. The van der Waals surface area contributed by atoms with Crippen molar-refractivity contribution in [3.63, 3.8) is 0 Å². The number of ether oxygens (including phenoxy) is 2. The first-order chi connectivity index (χ1) is 9.74. The van der Waals surface area contributed by atoms with E-state index in [1.165, 1.54) is 6.26 Å². The van der Waals surface area contributed by atoms with E-state index in [0.29, 0.717) is 12.2 Å². The van der Waals surface area contributed by atoms with Crippen molar-refractivity contribution in [3.8, 4) is 11.6 Å². The van der Waals surface area contributed by atoms with Gasteiger partial charge in [0.1, 0.15) is 12.4 Å². The molecule has 0 unspecified atom stereocenters. The first kappa shape index (κ1) is 11.1. The molecule has 1 atom stereocenters. The van der Waals surface area contributed by atoms with Gasteiger partial charge >= 0.3 is 5.69 Å². The van der Waals surface area contributed by atoms with E-state index in [0.717, 1.165) is 16.9 Å². The standard InChI is InChI=1S/C14H10N2O4/c17-12-11-10-7(6-20-13(11)16-14(18)15-12)5-19-9-4-2-1-3-8(9)10/h1-4,6,10H,5H2,(H2,15,16,17,18)/t10-/m1/s1. The Hall–Kier alpha value is -2.76. The fourth-order valence-corrected chi connectivity index (χ4v) is 2.70. The van der Waals surface area contributed by atoms with Crippen LogP contribution < -0.4 is 20.7 Å². The maximum absolute atomic E-state index is 12.1. The molecule has 1 aromatic heterocycles. The monoisotopic (exact) mass is 270 g/mol. The SMILES string of the molecule is O=c1[nH]c2c(c(=O)[nH]1)[C@@H]1C(=CO2)COc2ccccc21. The molecule has 0 saturated heterocycles. The highest BCUT2D eigenvalue weighted by molar-refractivity contribution is 5.53. The first-order valence-electron chi connectivity index (χ1n) is 6.18. The summed E-state index contributed by atoms with van der Waals surface area (Å²) in [4.78, 5) is 28.2. The minimum absolute atomic E-state index is 0.198.